The fourth-order valence-electron chi connectivity index (χ4n) is 1.53. The highest BCUT2D eigenvalue weighted by Crippen LogP contribution is 2.27. The molecule has 1 rings (SSSR count). The van der Waals surface area contributed by atoms with Crippen LogP contribution in [0.15, 0.2) is 19.0 Å². The summed E-state index contributed by atoms with van der Waals surface area (Å²) in [5.41, 5.74) is 0.373. The summed E-state index contributed by atoms with van der Waals surface area (Å²) >= 11 is 0. The van der Waals surface area contributed by atoms with E-state index in [4.69, 9.17) is 0 Å². The Morgan fingerprint density at radius 1 is 1.50 bits per heavy atom. The lowest BCUT2D eigenvalue weighted by molar-refractivity contribution is 0.249. The lowest BCUT2D eigenvalue weighted by atomic mass is 9.84. The number of hydrogen-bond acceptors (Lipinski definition) is 1. The number of aromatic nitrogens is 2. The minimum Gasteiger partial charge on any atom is -0.331 e. The van der Waals surface area contributed by atoms with E-state index >= 15 is 0 Å². The summed E-state index contributed by atoms with van der Waals surface area (Å²) in [7, 11) is 0. The number of imidazole rings is 1. The molecule has 1 aromatic heterocycles. The first-order valence-corrected chi connectivity index (χ1v) is 5.28. The van der Waals surface area contributed by atoms with Gasteiger partial charge >= 0.3 is 0 Å². The van der Waals surface area contributed by atoms with Gasteiger partial charge in [0.25, 0.3) is 0 Å². The molecule has 0 aromatic carbocycles. The van der Waals surface area contributed by atoms with E-state index in [9.17, 15) is 0 Å². The zero-order chi connectivity index (χ0) is 10.6. The molecule has 0 amide bonds. The zero-order valence-electron chi connectivity index (χ0n) is 9.45. The Morgan fingerprint density at radius 3 is 2.64 bits per heavy atom. The Bertz CT molecular complexity index is 295. The third-order valence-electron chi connectivity index (χ3n) is 3.19. The van der Waals surface area contributed by atoms with Crippen molar-refractivity contribution < 1.29 is 0 Å². The Balaban J connectivity index is 2.81. The number of hydrogen-bond donors (Lipinski definition) is 0. The van der Waals surface area contributed by atoms with E-state index in [1.54, 1.807) is 0 Å². The average molecular weight is 192 g/mol. The second-order valence-electron chi connectivity index (χ2n) is 4.14. The molecule has 0 aliphatic heterocycles. The fourth-order valence-corrected chi connectivity index (χ4v) is 1.53. The molecule has 0 aliphatic rings. The molecule has 78 valence electrons. The van der Waals surface area contributed by atoms with E-state index in [1.165, 1.54) is 12.8 Å². The van der Waals surface area contributed by atoms with E-state index in [-0.39, 0.29) is 0 Å². The third-order valence-corrected chi connectivity index (χ3v) is 3.19. The van der Waals surface area contributed by atoms with Crippen molar-refractivity contribution in [3.8, 4) is 0 Å². The maximum atomic E-state index is 4.23. The van der Waals surface area contributed by atoms with Crippen molar-refractivity contribution in [1.82, 2.24) is 9.55 Å². The molecular formula is C12H20N2. The van der Waals surface area contributed by atoms with E-state index < -0.39 is 0 Å². The van der Waals surface area contributed by atoms with Gasteiger partial charge in [0.05, 0.1) is 0 Å². The molecule has 0 spiro atoms. The molecule has 14 heavy (non-hydrogen) atoms. The fraction of sp³-hybridized carbons (Fsp3) is 0.583. The summed E-state index contributed by atoms with van der Waals surface area (Å²) in [4.78, 5) is 4.23. The first-order chi connectivity index (χ1) is 6.65. The van der Waals surface area contributed by atoms with Crippen molar-refractivity contribution in [3.05, 3.63) is 24.8 Å². The molecule has 2 heteroatoms. The van der Waals surface area contributed by atoms with E-state index in [2.05, 4.69) is 36.9 Å². The Labute approximate surface area is 86.7 Å². The van der Waals surface area contributed by atoms with Crippen molar-refractivity contribution in [2.24, 2.45) is 5.41 Å². The van der Waals surface area contributed by atoms with Crippen molar-refractivity contribution in [1.29, 1.82) is 0 Å². The molecule has 0 atom stereocenters. The highest BCUT2D eigenvalue weighted by atomic mass is 15.1. The minimum absolute atomic E-state index is 0.373. The summed E-state index contributed by atoms with van der Waals surface area (Å²) in [6.45, 7) is 11.6. The molecular weight excluding hydrogens is 172 g/mol. The van der Waals surface area contributed by atoms with Gasteiger partial charge in [0, 0.05) is 18.9 Å². The smallest absolute Gasteiger partial charge is 0.131 e. The van der Waals surface area contributed by atoms with Crippen LogP contribution in [-0.2, 0) is 6.54 Å². The van der Waals surface area contributed by atoms with Crippen LogP contribution in [0, 0.1) is 5.41 Å². The van der Waals surface area contributed by atoms with Gasteiger partial charge in [-0.3, -0.25) is 0 Å². The van der Waals surface area contributed by atoms with Gasteiger partial charge in [-0.25, -0.2) is 4.98 Å². The highest BCUT2D eigenvalue weighted by Gasteiger charge is 2.20. The van der Waals surface area contributed by atoms with Crippen LogP contribution in [0.5, 0.6) is 0 Å². The van der Waals surface area contributed by atoms with Crippen LogP contribution in [0.3, 0.4) is 0 Å². The van der Waals surface area contributed by atoms with Crippen LogP contribution in [0.25, 0.3) is 6.08 Å². The molecule has 0 aliphatic carbocycles. The lowest BCUT2D eigenvalue weighted by Crippen LogP contribution is -2.21. The van der Waals surface area contributed by atoms with Crippen LogP contribution in [0.1, 0.15) is 39.4 Å². The van der Waals surface area contributed by atoms with Crippen molar-refractivity contribution in [3.63, 3.8) is 0 Å². The molecule has 0 bridgehead atoms. The van der Waals surface area contributed by atoms with Gasteiger partial charge in [-0.1, -0.05) is 27.4 Å². The Kier molecular flexibility index (Phi) is 3.50. The van der Waals surface area contributed by atoms with Gasteiger partial charge in [-0.05, 0) is 24.3 Å². The standard InChI is InChI=1S/C12H20N2/c1-5-11-13-8-9-14(11)10-12(4,6-2)7-3/h5,8-9H,1,6-7,10H2,2-4H3. The SMILES string of the molecule is C=Cc1nccn1CC(C)(CC)CC. The Morgan fingerprint density at radius 2 is 2.14 bits per heavy atom. The quantitative estimate of drug-likeness (QED) is 0.699. The molecule has 2 nitrogen and oxygen atoms in total. The van der Waals surface area contributed by atoms with Gasteiger partial charge < -0.3 is 4.57 Å². The summed E-state index contributed by atoms with van der Waals surface area (Å²) in [5, 5.41) is 0. The Hall–Kier alpha value is -1.05. The van der Waals surface area contributed by atoms with Crippen LogP contribution in [0.4, 0.5) is 0 Å². The summed E-state index contributed by atoms with van der Waals surface area (Å²) in [6, 6.07) is 0. The lowest BCUT2D eigenvalue weighted by Gasteiger charge is -2.27. The number of rotatable bonds is 5. The number of nitrogens with zero attached hydrogens (tertiary/aromatic N) is 2. The minimum atomic E-state index is 0.373. The molecule has 1 aromatic rings. The predicted molar refractivity (Wildman–Crippen MR) is 61.0 cm³/mol. The van der Waals surface area contributed by atoms with Gasteiger partial charge in [-0.2, -0.15) is 0 Å². The summed E-state index contributed by atoms with van der Waals surface area (Å²) < 4.78 is 2.18. The summed E-state index contributed by atoms with van der Waals surface area (Å²) in [6.07, 6.45) is 8.06. The third kappa shape index (κ3) is 2.25. The van der Waals surface area contributed by atoms with E-state index in [1.807, 2.05) is 18.5 Å². The van der Waals surface area contributed by atoms with Gasteiger partial charge in [0.15, 0.2) is 0 Å². The molecule has 0 fully saturated rings. The van der Waals surface area contributed by atoms with Gasteiger partial charge in [-0.15, -0.1) is 0 Å². The predicted octanol–water partition coefficient (Wildman–Crippen LogP) is 3.35. The monoisotopic (exact) mass is 192 g/mol. The summed E-state index contributed by atoms with van der Waals surface area (Å²) in [5.74, 6) is 0.970. The van der Waals surface area contributed by atoms with E-state index in [0.29, 0.717) is 5.41 Å². The topological polar surface area (TPSA) is 17.8 Å². The van der Waals surface area contributed by atoms with Crippen LogP contribution in [-0.4, -0.2) is 9.55 Å². The second kappa shape index (κ2) is 4.45. The van der Waals surface area contributed by atoms with Crippen LogP contribution >= 0.6 is 0 Å². The first kappa shape index (κ1) is 11.0. The van der Waals surface area contributed by atoms with Crippen molar-refractivity contribution in [2.45, 2.75) is 40.2 Å². The molecule has 1 heterocycles. The molecule has 0 saturated carbocycles. The molecule has 0 radical (unpaired) electrons. The van der Waals surface area contributed by atoms with Crippen LogP contribution < -0.4 is 0 Å². The molecule has 0 saturated heterocycles. The highest BCUT2D eigenvalue weighted by molar-refractivity contribution is 5.36. The van der Waals surface area contributed by atoms with Crippen LogP contribution in [0.2, 0.25) is 0 Å². The molecule has 0 unspecified atom stereocenters. The second-order valence-corrected chi connectivity index (χ2v) is 4.14. The van der Waals surface area contributed by atoms with E-state index in [0.717, 1.165) is 12.4 Å². The van der Waals surface area contributed by atoms with Gasteiger partial charge in [0.1, 0.15) is 5.82 Å². The maximum absolute atomic E-state index is 4.23. The van der Waals surface area contributed by atoms with Gasteiger partial charge in [0.2, 0.25) is 0 Å². The van der Waals surface area contributed by atoms with Crippen molar-refractivity contribution in [2.75, 3.05) is 0 Å². The largest absolute Gasteiger partial charge is 0.331 e. The first-order valence-electron chi connectivity index (χ1n) is 5.28. The molecule has 0 N–H and O–H groups in total. The normalized spacial score (nSPS) is 11.6. The van der Waals surface area contributed by atoms with Crippen molar-refractivity contribution >= 4 is 6.08 Å². The maximum Gasteiger partial charge on any atom is 0.131 e. The zero-order valence-corrected chi connectivity index (χ0v) is 9.45. The average Bonchev–Trinajstić information content (AvgIpc) is 2.65.